The molecular weight excluding hydrogens is 353 g/mol. The number of hydrogen-bond donors (Lipinski definition) is 2. The Kier molecular flexibility index (Phi) is 4.07. The fraction of sp³-hybridized carbons (Fsp3) is 0. The minimum atomic E-state index is -0.940. The van der Waals surface area contributed by atoms with Gasteiger partial charge in [0.1, 0.15) is 0 Å². The smallest absolute Gasteiger partial charge is 0.335 e. The van der Waals surface area contributed by atoms with Gasteiger partial charge >= 0.3 is 5.97 Å². The van der Waals surface area contributed by atoms with Gasteiger partial charge in [-0.3, -0.25) is 0 Å². The van der Waals surface area contributed by atoms with E-state index in [2.05, 4.69) is 34.4 Å². The highest BCUT2D eigenvalue weighted by Gasteiger charge is 2.00. The number of benzene rings is 2. The molecule has 0 spiro atoms. The van der Waals surface area contributed by atoms with Crippen molar-refractivity contribution in [1.82, 2.24) is 0 Å². The van der Waals surface area contributed by atoms with Crippen LogP contribution in [0.1, 0.15) is 21.5 Å². The average molecular weight is 363 g/mol. The number of aromatic carboxylic acids is 1. The zero-order valence-corrected chi connectivity index (χ0v) is 12.0. The summed E-state index contributed by atoms with van der Waals surface area (Å²) in [7, 11) is 0. The van der Waals surface area contributed by atoms with Crippen molar-refractivity contribution in [1.29, 1.82) is 0 Å². The van der Waals surface area contributed by atoms with Crippen molar-refractivity contribution in [2.75, 3.05) is 5.73 Å². The van der Waals surface area contributed by atoms with Gasteiger partial charge in [0.25, 0.3) is 0 Å². The highest BCUT2D eigenvalue weighted by atomic mass is 127. The number of anilines is 1. The first-order chi connectivity index (χ1) is 9.06. The number of rotatable bonds is 1. The second kappa shape index (κ2) is 5.76. The lowest BCUT2D eigenvalue weighted by Crippen LogP contribution is -1.95. The van der Waals surface area contributed by atoms with Crippen LogP contribution in [0.3, 0.4) is 0 Å². The highest BCUT2D eigenvalue weighted by molar-refractivity contribution is 14.1. The van der Waals surface area contributed by atoms with Crippen LogP contribution in [0.2, 0.25) is 0 Å². The number of halogens is 1. The third kappa shape index (κ3) is 3.48. The van der Waals surface area contributed by atoms with Crippen molar-refractivity contribution in [2.24, 2.45) is 0 Å². The van der Waals surface area contributed by atoms with Gasteiger partial charge in [-0.05, 0) is 65.1 Å². The fourth-order valence-electron chi connectivity index (χ4n) is 1.47. The Morgan fingerprint density at radius 1 is 1.11 bits per heavy atom. The van der Waals surface area contributed by atoms with Crippen molar-refractivity contribution in [2.45, 2.75) is 0 Å². The summed E-state index contributed by atoms with van der Waals surface area (Å²) >= 11 is 2.20. The predicted molar refractivity (Wildman–Crippen MR) is 83.0 cm³/mol. The molecule has 2 aromatic carbocycles. The number of carbonyl (C=O) groups is 1. The van der Waals surface area contributed by atoms with Crippen LogP contribution in [0.5, 0.6) is 0 Å². The van der Waals surface area contributed by atoms with Crippen molar-refractivity contribution in [3.8, 4) is 11.8 Å². The molecule has 0 radical (unpaired) electrons. The van der Waals surface area contributed by atoms with Crippen LogP contribution in [0.15, 0.2) is 42.5 Å². The summed E-state index contributed by atoms with van der Waals surface area (Å²) in [5.74, 6) is 5.09. The molecule has 0 aromatic heterocycles. The quantitative estimate of drug-likeness (QED) is 0.465. The largest absolute Gasteiger partial charge is 0.478 e. The maximum Gasteiger partial charge on any atom is 0.335 e. The summed E-state index contributed by atoms with van der Waals surface area (Å²) < 4.78 is 1.03. The molecule has 0 unspecified atom stereocenters. The van der Waals surface area contributed by atoms with Gasteiger partial charge in [0.05, 0.1) is 5.56 Å². The molecule has 0 atom stereocenters. The standard InChI is InChI=1S/C15H10INO2/c16-14-8-7-13(17)9-12(14)6-3-10-1-4-11(5-2-10)15(18)19/h1-2,4-5,7-9H,17H2,(H,18,19). The molecule has 0 aliphatic carbocycles. The van der Waals surface area contributed by atoms with E-state index in [9.17, 15) is 4.79 Å². The average Bonchev–Trinajstić information content (AvgIpc) is 2.40. The van der Waals surface area contributed by atoms with Crippen LogP contribution in [0, 0.1) is 15.4 Å². The van der Waals surface area contributed by atoms with Crippen LogP contribution < -0.4 is 5.73 Å². The normalized spacial score (nSPS) is 9.53. The zero-order chi connectivity index (χ0) is 13.8. The number of carboxylic acid groups (broad SMARTS) is 1. The first kappa shape index (κ1) is 13.4. The molecule has 0 aliphatic rings. The second-order valence-corrected chi connectivity index (χ2v) is 5.03. The molecule has 2 rings (SSSR count). The van der Waals surface area contributed by atoms with Crippen molar-refractivity contribution in [3.05, 3.63) is 62.7 Å². The molecule has 0 amide bonds. The van der Waals surface area contributed by atoms with Crippen LogP contribution in [0.25, 0.3) is 0 Å². The Hall–Kier alpha value is -2.00. The number of hydrogen-bond acceptors (Lipinski definition) is 2. The van der Waals surface area contributed by atoms with Crippen LogP contribution in [-0.4, -0.2) is 11.1 Å². The maximum atomic E-state index is 10.7. The summed E-state index contributed by atoms with van der Waals surface area (Å²) in [5.41, 5.74) is 8.27. The molecule has 0 bridgehead atoms. The Bertz CT molecular complexity index is 682. The lowest BCUT2D eigenvalue weighted by atomic mass is 10.1. The van der Waals surface area contributed by atoms with Gasteiger partial charge in [0.15, 0.2) is 0 Å². The zero-order valence-electron chi connectivity index (χ0n) is 9.85. The molecule has 0 saturated carbocycles. The maximum absolute atomic E-state index is 10.7. The number of nitrogen functional groups attached to an aromatic ring is 1. The molecule has 3 N–H and O–H groups in total. The van der Waals surface area contributed by atoms with Crippen LogP contribution in [-0.2, 0) is 0 Å². The van der Waals surface area contributed by atoms with E-state index >= 15 is 0 Å². The van der Waals surface area contributed by atoms with Crippen LogP contribution >= 0.6 is 22.6 Å². The van der Waals surface area contributed by atoms with E-state index < -0.39 is 5.97 Å². The van der Waals surface area contributed by atoms with Gasteiger partial charge in [-0.1, -0.05) is 11.8 Å². The monoisotopic (exact) mass is 363 g/mol. The van der Waals surface area contributed by atoms with Crippen molar-refractivity contribution >= 4 is 34.2 Å². The van der Waals surface area contributed by atoms with Gasteiger partial charge < -0.3 is 10.8 Å². The van der Waals surface area contributed by atoms with E-state index in [1.54, 1.807) is 12.1 Å². The van der Waals surface area contributed by atoms with Gasteiger partial charge in [0.2, 0.25) is 0 Å². The Labute approximate surface area is 124 Å². The lowest BCUT2D eigenvalue weighted by molar-refractivity contribution is 0.0697. The Balaban J connectivity index is 2.28. The van der Waals surface area contributed by atoms with Crippen LogP contribution in [0.4, 0.5) is 5.69 Å². The summed E-state index contributed by atoms with van der Waals surface area (Å²) in [5, 5.41) is 8.80. The SMILES string of the molecule is Nc1ccc(I)c(C#Cc2ccc(C(=O)O)cc2)c1. The summed E-state index contributed by atoms with van der Waals surface area (Å²) in [4.78, 5) is 10.7. The first-order valence-corrected chi connectivity index (χ1v) is 6.54. The van der Waals surface area contributed by atoms with Gasteiger partial charge in [-0.2, -0.15) is 0 Å². The van der Waals surface area contributed by atoms with E-state index in [4.69, 9.17) is 10.8 Å². The summed E-state index contributed by atoms with van der Waals surface area (Å²) in [6, 6.07) is 12.0. The lowest BCUT2D eigenvalue weighted by Gasteiger charge is -1.98. The molecule has 0 saturated heterocycles. The van der Waals surface area contributed by atoms with E-state index in [1.807, 2.05) is 18.2 Å². The molecule has 0 fully saturated rings. The minimum absolute atomic E-state index is 0.254. The van der Waals surface area contributed by atoms with E-state index in [0.29, 0.717) is 5.69 Å². The Morgan fingerprint density at radius 3 is 2.42 bits per heavy atom. The van der Waals surface area contributed by atoms with Gasteiger partial charge in [-0.25, -0.2) is 4.79 Å². The highest BCUT2D eigenvalue weighted by Crippen LogP contribution is 2.14. The third-order valence-electron chi connectivity index (χ3n) is 2.46. The molecule has 2 aromatic rings. The first-order valence-electron chi connectivity index (χ1n) is 5.46. The molecule has 19 heavy (non-hydrogen) atoms. The van der Waals surface area contributed by atoms with E-state index in [1.165, 1.54) is 12.1 Å². The Morgan fingerprint density at radius 2 is 1.79 bits per heavy atom. The molecule has 3 nitrogen and oxygen atoms in total. The second-order valence-electron chi connectivity index (χ2n) is 3.87. The van der Waals surface area contributed by atoms with E-state index in [0.717, 1.165) is 14.7 Å². The molecular formula is C15H10INO2. The molecule has 0 aliphatic heterocycles. The van der Waals surface area contributed by atoms with Gasteiger partial charge in [-0.15, -0.1) is 0 Å². The summed E-state index contributed by atoms with van der Waals surface area (Å²) in [6.07, 6.45) is 0. The van der Waals surface area contributed by atoms with Crippen molar-refractivity contribution in [3.63, 3.8) is 0 Å². The fourth-order valence-corrected chi connectivity index (χ4v) is 1.94. The predicted octanol–water partition coefficient (Wildman–Crippen LogP) is 2.97. The third-order valence-corrected chi connectivity index (χ3v) is 3.40. The number of nitrogens with two attached hydrogens (primary N) is 1. The van der Waals surface area contributed by atoms with Gasteiger partial charge in [0, 0.05) is 20.4 Å². The molecule has 4 heteroatoms. The number of carboxylic acids is 1. The van der Waals surface area contributed by atoms with Crippen molar-refractivity contribution < 1.29 is 9.90 Å². The van der Waals surface area contributed by atoms with E-state index in [-0.39, 0.29) is 5.56 Å². The topological polar surface area (TPSA) is 63.3 Å². The molecule has 94 valence electrons. The summed E-state index contributed by atoms with van der Waals surface area (Å²) in [6.45, 7) is 0. The minimum Gasteiger partial charge on any atom is -0.478 e. The molecule has 0 heterocycles.